The first kappa shape index (κ1) is 20.5. The third-order valence-electron chi connectivity index (χ3n) is 4.78. The molecule has 0 spiro atoms. The highest BCUT2D eigenvalue weighted by molar-refractivity contribution is 5.96. The molecule has 31 heavy (non-hydrogen) atoms. The van der Waals surface area contributed by atoms with Crippen molar-refractivity contribution in [1.29, 1.82) is 0 Å². The van der Waals surface area contributed by atoms with Crippen LogP contribution in [0, 0.1) is 11.6 Å². The second-order valence-corrected chi connectivity index (χ2v) is 7.01. The number of aromatic nitrogens is 4. The zero-order chi connectivity index (χ0) is 21.8. The average Bonchev–Trinajstić information content (AvgIpc) is 3.27. The third kappa shape index (κ3) is 4.89. The number of esters is 1. The number of halogens is 2. The zero-order valence-corrected chi connectivity index (χ0v) is 16.2. The molecule has 1 fully saturated rings. The average molecular weight is 424 g/mol. The lowest BCUT2D eigenvalue weighted by atomic mass is 9.95. The minimum atomic E-state index is -0.787. The van der Waals surface area contributed by atoms with Crippen LogP contribution in [0.5, 0.6) is 0 Å². The number of nitrogens with zero attached hydrogens (tertiary/aromatic N) is 4. The molecule has 0 aliphatic carbocycles. The van der Waals surface area contributed by atoms with Crippen LogP contribution in [0.1, 0.15) is 24.0 Å². The van der Waals surface area contributed by atoms with Gasteiger partial charge in [0.2, 0.25) is 0 Å². The van der Waals surface area contributed by atoms with Crippen molar-refractivity contribution in [1.82, 2.24) is 20.2 Å². The predicted molar refractivity (Wildman–Crippen MR) is 107 cm³/mol. The topological polar surface area (TPSA) is 90.1 Å². The lowest BCUT2D eigenvalue weighted by Crippen LogP contribution is -2.31. The number of hydrogen-bond donors (Lipinski definition) is 1. The number of cyclic esters (lactones) is 1. The Hall–Kier alpha value is -3.72. The van der Waals surface area contributed by atoms with E-state index in [1.165, 1.54) is 35.3 Å². The van der Waals surface area contributed by atoms with E-state index in [4.69, 9.17) is 4.74 Å². The summed E-state index contributed by atoms with van der Waals surface area (Å²) in [7, 11) is 0. The van der Waals surface area contributed by atoms with Crippen molar-refractivity contribution in [3.05, 3.63) is 89.8 Å². The van der Waals surface area contributed by atoms with Crippen LogP contribution in [0.4, 0.5) is 8.78 Å². The molecule has 1 saturated heterocycles. The van der Waals surface area contributed by atoms with Crippen LogP contribution in [0.3, 0.4) is 0 Å². The number of tetrazole rings is 1. The molecule has 1 aromatic heterocycles. The first-order chi connectivity index (χ1) is 15.0. The number of allylic oxidation sites excluding steroid dienone is 2. The van der Waals surface area contributed by atoms with E-state index in [0.29, 0.717) is 22.4 Å². The van der Waals surface area contributed by atoms with E-state index in [1.807, 2.05) is 0 Å². The molecule has 1 aliphatic rings. The summed E-state index contributed by atoms with van der Waals surface area (Å²) in [6.45, 7) is 0. The van der Waals surface area contributed by atoms with E-state index in [1.54, 1.807) is 36.4 Å². The predicted octanol–water partition coefficient (Wildman–Crippen LogP) is 2.99. The maximum absolute atomic E-state index is 13.6. The van der Waals surface area contributed by atoms with Crippen molar-refractivity contribution >= 4 is 17.2 Å². The maximum atomic E-state index is 13.6. The fourth-order valence-electron chi connectivity index (χ4n) is 3.37. The Bertz CT molecular complexity index is 1060. The van der Waals surface area contributed by atoms with Crippen LogP contribution in [-0.2, 0) is 9.53 Å². The number of aliphatic hydroxyl groups excluding tert-OH is 1. The first-order valence-electron chi connectivity index (χ1n) is 9.55. The molecule has 0 amide bonds. The molecular formula is C22H18F2N4O3. The fourth-order valence-corrected chi connectivity index (χ4v) is 3.37. The summed E-state index contributed by atoms with van der Waals surface area (Å²) in [5, 5.41) is 21.2. The van der Waals surface area contributed by atoms with Crippen molar-refractivity contribution in [2.24, 2.45) is 0 Å². The van der Waals surface area contributed by atoms with Gasteiger partial charge >= 0.3 is 5.97 Å². The second kappa shape index (κ2) is 8.97. The van der Waals surface area contributed by atoms with Gasteiger partial charge in [-0.05, 0) is 58.0 Å². The van der Waals surface area contributed by atoms with Crippen molar-refractivity contribution in [2.45, 2.75) is 25.0 Å². The van der Waals surface area contributed by atoms with Crippen molar-refractivity contribution in [3.8, 4) is 0 Å². The van der Waals surface area contributed by atoms with Crippen LogP contribution in [0.15, 0.2) is 67.0 Å². The van der Waals surface area contributed by atoms with E-state index in [0.717, 1.165) is 0 Å². The first-order valence-corrected chi connectivity index (χ1v) is 9.55. The summed E-state index contributed by atoms with van der Waals surface area (Å²) in [4.78, 5) is 11.7. The number of ether oxygens (including phenoxy) is 1. The molecule has 3 aromatic rings. The maximum Gasteiger partial charge on any atom is 0.309 e. The monoisotopic (exact) mass is 424 g/mol. The SMILES string of the molecule is O=C1C[C@H](O)C[C@@H](C=CC(=C(c2ccc(F)cc2)c2ccc(F)cc2)n2cnnn2)O1. The van der Waals surface area contributed by atoms with E-state index < -0.39 is 29.8 Å². The summed E-state index contributed by atoms with van der Waals surface area (Å²) < 4.78 is 33.8. The number of carbonyl (C=O) groups is 1. The highest BCUT2D eigenvalue weighted by Gasteiger charge is 2.25. The van der Waals surface area contributed by atoms with E-state index in [2.05, 4.69) is 15.5 Å². The van der Waals surface area contributed by atoms with Gasteiger partial charge in [0, 0.05) is 12.0 Å². The standard InChI is InChI=1S/C22H18F2N4O3/c23-16-5-1-14(2-6-16)22(15-3-7-17(24)8-4-15)20(28-13-25-26-27-28)10-9-19-11-18(29)12-21(30)31-19/h1-10,13,18-19,29H,11-12H2/t18-,19-/m1/s1. The minimum Gasteiger partial charge on any atom is -0.458 e. The number of benzene rings is 2. The van der Waals surface area contributed by atoms with E-state index in [9.17, 15) is 18.7 Å². The Balaban J connectivity index is 1.86. The second-order valence-electron chi connectivity index (χ2n) is 7.01. The normalized spacial score (nSPS) is 18.7. The van der Waals surface area contributed by atoms with Gasteiger partial charge in [0.05, 0.1) is 18.2 Å². The van der Waals surface area contributed by atoms with Crippen molar-refractivity contribution in [3.63, 3.8) is 0 Å². The Morgan fingerprint density at radius 3 is 2.19 bits per heavy atom. The molecule has 0 radical (unpaired) electrons. The lowest BCUT2D eigenvalue weighted by molar-refractivity contribution is -0.156. The molecule has 2 heterocycles. The number of rotatable bonds is 5. The van der Waals surface area contributed by atoms with Gasteiger partial charge in [-0.25, -0.2) is 8.78 Å². The molecule has 1 aliphatic heterocycles. The molecule has 0 unspecified atom stereocenters. The molecule has 4 rings (SSSR count). The van der Waals surface area contributed by atoms with Gasteiger partial charge in [-0.15, -0.1) is 5.10 Å². The van der Waals surface area contributed by atoms with Crippen LogP contribution in [0.2, 0.25) is 0 Å². The highest BCUT2D eigenvalue weighted by atomic mass is 19.1. The molecule has 1 N–H and O–H groups in total. The highest BCUT2D eigenvalue weighted by Crippen LogP contribution is 2.30. The molecule has 2 aromatic carbocycles. The molecule has 158 valence electrons. The van der Waals surface area contributed by atoms with Gasteiger partial charge in [-0.1, -0.05) is 24.3 Å². The summed E-state index contributed by atoms with van der Waals surface area (Å²) >= 11 is 0. The summed E-state index contributed by atoms with van der Waals surface area (Å²) in [5.41, 5.74) is 2.37. The number of hydrogen-bond acceptors (Lipinski definition) is 6. The summed E-state index contributed by atoms with van der Waals surface area (Å²) in [5.74, 6) is -1.28. The van der Waals surface area contributed by atoms with Gasteiger partial charge < -0.3 is 9.84 Å². The van der Waals surface area contributed by atoms with Gasteiger partial charge in [0.25, 0.3) is 0 Å². The van der Waals surface area contributed by atoms with Crippen molar-refractivity contribution < 1.29 is 23.4 Å². The minimum absolute atomic E-state index is 0.0452. The van der Waals surface area contributed by atoms with Gasteiger partial charge in [0.1, 0.15) is 24.1 Å². The number of carbonyl (C=O) groups excluding carboxylic acids is 1. The summed E-state index contributed by atoms with van der Waals surface area (Å²) in [6, 6.07) is 11.6. The van der Waals surface area contributed by atoms with Gasteiger partial charge in [-0.2, -0.15) is 4.68 Å². The van der Waals surface area contributed by atoms with Crippen LogP contribution in [0.25, 0.3) is 11.3 Å². The molecule has 2 atom stereocenters. The smallest absolute Gasteiger partial charge is 0.309 e. The van der Waals surface area contributed by atoms with Crippen LogP contribution >= 0.6 is 0 Å². The zero-order valence-electron chi connectivity index (χ0n) is 16.2. The van der Waals surface area contributed by atoms with E-state index in [-0.39, 0.29) is 12.8 Å². The summed E-state index contributed by atoms with van der Waals surface area (Å²) in [6.07, 6.45) is 3.47. The Kier molecular flexibility index (Phi) is 5.94. The van der Waals surface area contributed by atoms with E-state index >= 15 is 0 Å². The number of aliphatic hydroxyl groups is 1. The largest absolute Gasteiger partial charge is 0.458 e. The van der Waals surface area contributed by atoms with Crippen molar-refractivity contribution in [2.75, 3.05) is 0 Å². The molecule has 0 bridgehead atoms. The third-order valence-corrected chi connectivity index (χ3v) is 4.78. The Labute approximate surface area is 176 Å². The molecule has 0 saturated carbocycles. The molecule has 7 nitrogen and oxygen atoms in total. The quantitative estimate of drug-likeness (QED) is 0.500. The fraction of sp³-hybridized carbons (Fsp3) is 0.182. The van der Waals surface area contributed by atoms with Gasteiger partial charge in [-0.3, -0.25) is 4.79 Å². The molecule has 9 heteroatoms. The Morgan fingerprint density at radius 1 is 1.06 bits per heavy atom. The van der Waals surface area contributed by atoms with Crippen LogP contribution < -0.4 is 0 Å². The van der Waals surface area contributed by atoms with Crippen LogP contribution in [-0.4, -0.2) is 43.5 Å². The molecular weight excluding hydrogens is 406 g/mol. The lowest BCUT2D eigenvalue weighted by Gasteiger charge is -2.23. The van der Waals surface area contributed by atoms with Gasteiger partial charge in [0.15, 0.2) is 0 Å². The Morgan fingerprint density at radius 2 is 1.68 bits per heavy atom.